The molecule has 0 bridgehead atoms. The highest BCUT2D eigenvalue weighted by Crippen LogP contribution is 2.40. The molecule has 0 fully saturated rings. The minimum Gasteiger partial charge on any atom is -0.414 e. The van der Waals surface area contributed by atoms with Crippen LogP contribution in [0.2, 0.25) is 36.3 Å². The predicted molar refractivity (Wildman–Crippen MR) is 238 cm³/mol. The molecular weight excluding hydrogens is 717 g/mol. The maximum atomic E-state index is 11.7. The zero-order chi connectivity index (χ0) is 41.1. The number of hydrogen-bond donors (Lipinski definition) is 2. The van der Waals surface area contributed by atoms with Gasteiger partial charge in [0.15, 0.2) is 16.6 Å². The van der Waals surface area contributed by atoms with Gasteiger partial charge in [0.1, 0.15) is 0 Å². The van der Waals surface area contributed by atoms with E-state index in [0.717, 1.165) is 44.1 Å². The van der Waals surface area contributed by atoms with Crippen LogP contribution in [0.3, 0.4) is 0 Å². The molecule has 6 atom stereocenters. The summed E-state index contributed by atoms with van der Waals surface area (Å²) in [7, 11) is -4.09. The van der Waals surface area contributed by atoms with Crippen LogP contribution in [-0.4, -0.2) is 64.0 Å². The first kappa shape index (κ1) is 49.8. The SMILES string of the molecule is CCCC[C@@H](C)[C@H](C[C@@H](O)CCC[C@@H](C[C@@H](O)C[C@H](CCCCOCc1ccccc1)OCc1ccccc1)O[Si](C)(C)C(C)(C)C)O[Si](C)(C)C(C)(C)C. The van der Waals surface area contributed by atoms with Crippen molar-refractivity contribution in [3.63, 3.8) is 0 Å². The summed E-state index contributed by atoms with van der Waals surface area (Å²) < 4.78 is 26.4. The Balaban J connectivity index is 2.06. The molecular formula is C47H84O6Si2. The number of hydrogen-bond acceptors (Lipinski definition) is 6. The van der Waals surface area contributed by atoms with E-state index in [2.05, 4.69) is 106 Å². The molecule has 316 valence electrons. The van der Waals surface area contributed by atoms with Crippen molar-refractivity contribution in [3.05, 3.63) is 71.8 Å². The third-order valence-corrected chi connectivity index (χ3v) is 21.3. The number of rotatable bonds is 28. The summed E-state index contributed by atoms with van der Waals surface area (Å²) in [6, 6.07) is 20.6. The standard InChI is InChI=1S/C47H84O6Si2/c1-13-14-24-38(2)45(53-55(11,12)47(6,7)8)35-41(48)29-23-31-44(52-54(9,10)46(3,4)5)34-42(49)33-43(51-37-40-27-19-16-20-28-40)30-21-22-32-50-36-39-25-17-15-18-26-39/h15-20,25-28,38,41-45,48-49H,13-14,21-24,29-37H2,1-12H3/t38-,41+,42+,43+,44+,45+/m1/s1. The summed E-state index contributed by atoms with van der Waals surface area (Å²) in [5, 5.41) is 23.3. The zero-order valence-corrected chi connectivity index (χ0v) is 39.4. The molecule has 6 nitrogen and oxygen atoms in total. The maximum Gasteiger partial charge on any atom is 0.192 e. The molecule has 8 heteroatoms. The lowest BCUT2D eigenvalue weighted by atomic mass is 9.92. The van der Waals surface area contributed by atoms with Crippen LogP contribution in [0.25, 0.3) is 0 Å². The summed E-state index contributed by atoms with van der Waals surface area (Å²) in [6.45, 7) is 29.4. The summed E-state index contributed by atoms with van der Waals surface area (Å²) in [5.74, 6) is 0.410. The number of benzene rings is 2. The molecule has 2 aromatic rings. The van der Waals surface area contributed by atoms with Crippen molar-refractivity contribution in [2.45, 2.75) is 212 Å². The molecule has 0 aliphatic rings. The van der Waals surface area contributed by atoms with Crippen LogP contribution in [0.4, 0.5) is 0 Å². The molecule has 2 aromatic carbocycles. The van der Waals surface area contributed by atoms with Gasteiger partial charge in [-0.25, -0.2) is 0 Å². The first-order valence-corrected chi connectivity index (χ1v) is 27.5. The van der Waals surface area contributed by atoms with Crippen molar-refractivity contribution in [1.29, 1.82) is 0 Å². The summed E-state index contributed by atoms with van der Waals surface area (Å²) >= 11 is 0. The first-order valence-electron chi connectivity index (χ1n) is 21.7. The predicted octanol–water partition coefficient (Wildman–Crippen LogP) is 12.6. The highest BCUT2D eigenvalue weighted by atomic mass is 28.4. The molecule has 0 aromatic heterocycles. The van der Waals surface area contributed by atoms with E-state index < -0.39 is 28.8 Å². The molecule has 0 saturated carbocycles. The molecule has 2 N–H and O–H groups in total. The summed E-state index contributed by atoms with van der Waals surface area (Å²) in [6.07, 6.45) is 9.41. The molecule has 0 unspecified atom stereocenters. The van der Waals surface area contributed by atoms with Crippen LogP contribution in [0.5, 0.6) is 0 Å². The number of unbranched alkanes of at least 4 members (excludes halogenated alkanes) is 2. The van der Waals surface area contributed by atoms with Gasteiger partial charge in [-0.15, -0.1) is 0 Å². The second-order valence-corrected chi connectivity index (χ2v) is 28.9. The van der Waals surface area contributed by atoms with Gasteiger partial charge < -0.3 is 28.5 Å². The number of ether oxygens (including phenoxy) is 2. The molecule has 0 saturated heterocycles. The lowest BCUT2D eigenvalue weighted by Crippen LogP contribution is -2.46. The topological polar surface area (TPSA) is 77.4 Å². The molecule has 0 spiro atoms. The van der Waals surface area contributed by atoms with E-state index in [0.29, 0.717) is 51.4 Å². The van der Waals surface area contributed by atoms with Crippen molar-refractivity contribution < 1.29 is 28.5 Å². The van der Waals surface area contributed by atoms with Crippen LogP contribution in [0.1, 0.15) is 144 Å². The van der Waals surface area contributed by atoms with Crippen LogP contribution in [-0.2, 0) is 31.5 Å². The number of aliphatic hydroxyl groups excluding tert-OH is 2. The largest absolute Gasteiger partial charge is 0.414 e. The van der Waals surface area contributed by atoms with Gasteiger partial charge >= 0.3 is 0 Å². The fourth-order valence-corrected chi connectivity index (χ4v) is 9.39. The van der Waals surface area contributed by atoms with Gasteiger partial charge in [0.05, 0.1) is 37.6 Å². The van der Waals surface area contributed by atoms with Crippen LogP contribution < -0.4 is 0 Å². The van der Waals surface area contributed by atoms with Crippen molar-refractivity contribution in [3.8, 4) is 0 Å². The van der Waals surface area contributed by atoms with E-state index in [1.807, 2.05) is 36.4 Å². The Kier molecular flexibility index (Phi) is 22.2. The number of aliphatic hydroxyl groups is 2. The normalized spacial score (nSPS) is 16.4. The smallest absolute Gasteiger partial charge is 0.192 e. The van der Waals surface area contributed by atoms with E-state index in [9.17, 15) is 10.2 Å². The average molecular weight is 801 g/mol. The monoisotopic (exact) mass is 801 g/mol. The third-order valence-electron chi connectivity index (χ3n) is 12.3. The van der Waals surface area contributed by atoms with Crippen LogP contribution in [0.15, 0.2) is 60.7 Å². The summed E-state index contributed by atoms with van der Waals surface area (Å²) in [5.41, 5.74) is 2.33. The van der Waals surface area contributed by atoms with Crippen molar-refractivity contribution >= 4 is 16.6 Å². The highest BCUT2D eigenvalue weighted by molar-refractivity contribution is 6.74. The molecule has 0 heterocycles. The first-order chi connectivity index (χ1) is 25.7. The Morgan fingerprint density at radius 1 is 0.582 bits per heavy atom. The Morgan fingerprint density at radius 3 is 1.67 bits per heavy atom. The van der Waals surface area contributed by atoms with Gasteiger partial charge in [-0.2, -0.15) is 0 Å². The lowest BCUT2D eigenvalue weighted by Gasteiger charge is -2.41. The van der Waals surface area contributed by atoms with E-state index in [1.54, 1.807) is 0 Å². The Morgan fingerprint density at radius 2 is 1.11 bits per heavy atom. The van der Waals surface area contributed by atoms with Crippen LogP contribution >= 0.6 is 0 Å². The van der Waals surface area contributed by atoms with Crippen molar-refractivity contribution in [1.82, 2.24) is 0 Å². The van der Waals surface area contributed by atoms with Gasteiger partial charge in [0, 0.05) is 12.7 Å². The van der Waals surface area contributed by atoms with E-state index in [1.165, 1.54) is 18.4 Å². The zero-order valence-electron chi connectivity index (χ0n) is 37.4. The van der Waals surface area contributed by atoms with Crippen molar-refractivity contribution in [2.75, 3.05) is 6.61 Å². The molecule has 0 aliphatic heterocycles. The highest BCUT2D eigenvalue weighted by Gasteiger charge is 2.41. The van der Waals surface area contributed by atoms with Gasteiger partial charge in [-0.05, 0) is 118 Å². The van der Waals surface area contributed by atoms with Gasteiger partial charge in [-0.1, -0.05) is 129 Å². The van der Waals surface area contributed by atoms with Gasteiger partial charge in [-0.3, -0.25) is 0 Å². The van der Waals surface area contributed by atoms with E-state index in [-0.39, 0.29) is 28.4 Å². The fourth-order valence-electron chi connectivity index (χ4n) is 6.55. The van der Waals surface area contributed by atoms with Gasteiger partial charge in [0.2, 0.25) is 0 Å². The fraction of sp³-hybridized carbons (Fsp3) is 0.745. The summed E-state index contributed by atoms with van der Waals surface area (Å²) in [4.78, 5) is 0. The third kappa shape index (κ3) is 19.8. The Hall–Kier alpha value is -1.37. The maximum absolute atomic E-state index is 11.7. The van der Waals surface area contributed by atoms with Crippen LogP contribution in [0, 0.1) is 5.92 Å². The quantitative estimate of drug-likeness (QED) is 0.0659. The minimum absolute atomic E-state index is 0.0581. The minimum atomic E-state index is -2.10. The Labute approximate surface area is 340 Å². The second kappa shape index (κ2) is 24.5. The van der Waals surface area contributed by atoms with Gasteiger partial charge in [0.25, 0.3) is 0 Å². The Bertz CT molecular complexity index is 1260. The van der Waals surface area contributed by atoms with E-state index in [4.69, 9.17) is 18.3 Å². The molecule has 2 rings (SSSR count). The molecule has 55 heavy (non-hydrogen) atoms. The molecule has 0 amide bonds. The molecule has 0 aliphatic carbocycles. The second-order valence-electron chi connectivity index (χ2n) is 19.4. The van der Waals surface area contributed by atoms with E-state index >= 15 is 0 Å². The molecule has 0 radical (unpaired) electrons. The lowest BCUT2D eigenvalue weighted by molar-refractivity contribution is -0.0147. The average Bonchev–Trinajstić information content (AvgIpc) is 3.10. The van der Waals surface area contributed by atoms with Crippen molar-refractivity contribution in [2.24, 2.45) is 5.92 Å².